The highest BCUT2D eigenvalue weighted by Gasteiger charge is 2.06. The van der Waals surface area contributed by atoms with E-state index in [-0.39, 0.29) is 12.4 Å². The highest BCUT2D eigenvalue weighted by molar-refractivity contribution is 5.85. The summed E-state index contributed by atoms with van der Waals surface area (Å²) in [4.78, 5) is 0. The fourth-order valence-electron chi connectivity index (χ4n) is 2.00. The van der Waals surface area contributed by atoms with Crippen LogP contribution in [0.25, 0.3) is 0 Å². The molecule has 0 fully saturated rings. The van der Waals surface area contributed by atoms with E-state index in [0.29, 0.717) is 13.1 Å². The molecule has 2 aromatic heterocycles. The molecule has 0 aliphatic rings. The number of halogens is 2. The van der Waals surface area contributed by atoms with Crippen molar-refractivity contribution in [3.63, 3.8) is 0 Å². The molecule has 0 bridgehead atoms. The third kappa shape index (κ3) is 3.96. The fourth-order valence-corrected chi connectivity index (χ4v) is 2.00. The minimum atomic E-state index is -0.399. The average Bonchev–Trinajstić information content (AvgIpc) is 2.95. The van der Waals surface area contributed by atoms with E-state index in [4.69, 9.17) is 0 Å². The van der Waals surface area contributed by atoms with Crippen molar-refractivity contribution in [3.05, 3.63) is 29.8 Å². The van der Waals surface area contributed by atoms with Crippen LogP contribution in [0.15, 0.2) is 18.5 Å². The Morgan fingerprint density at radius 1 is 1.35 bits per heavy atom. The smallest absolute Gasteiger partial charge is 0.109 e. The molecule has 2 rings (SSSR count). The molecule has 2 aromatic rings. The number of aromatic nitrogens is 4. The summed E-state index contributed by atoms with van der Waals surface area (Å²) in [5, 5.41) is 11.9. The van der Waals surface area contributed by atoms with Gasteiger partial charge in [-0.15, -0.1) is 12.4 Å². The third-order valence-corrected chi connectivity index (χ3v) is 2.96. The highest BCUT2D eigenvalue weighted by atomic mass is 35.5. The minimum absolute atomic E-state index is 0. The van der Waals surface area contributed by atoms with Crippen molar-refractivity contribution < 1.29 is 4.39 Å². The average molecular weight is 302 g/mol. The van der Waals surface area contributed by atoms with Gasteiger partial charge in [-0.1, -0.05) is 6.92 Å². The lowest BCUT2D eigenvalue weighted by Gasteiger charge is -2.07. The molecular weight excluding hydrogens is 281 g/mol. The largest absolute Gasteiger partial charge is 0.377 e. The summed E-state index contributed by atoms with van der Waals surface area (Å²) in [7, 11) is 0. The van der Waals surface area contributed by atoms with Crippen LogP contribution >= 0.6 is 12.4 Å². The van der Waals surface area contributed by atoms with Gasteiger partial charge in [-0.05, 0) is 19.4 Å². The normalized spacial score (nSPS) is 10.3. The Balaban J connectivity index is 0.00000200. The molecule has 5 nitrogen and oxygen atoms in total. The predicted octanol–water partition coefficient (Wildman–Crippen LogP) is 2.80. The second-order valence-corrected chi connectivity index (χ2v) is 4.48. The summed E-state index contributed by atoms with van der Waals surface area (Å²) in [6.45, 7) is 5.57. The van der Waals surface area contributed by atoms with Gasteiger partial charge in [-0.25, -0.2) is 4.39 Å². The maximum atomic E-state index is 12.3. The van der Waals surface area contributed by atoms with Crippen LogP contribution in [0.5, 0.6) is 0 Å². The van der Waals surface area contributed by atoms with E-state index in [2.05, 4.69) is 22.4 Å². The Kier molecular flexibility index (Phi) is 6.51. The Morgan fingerprint density at radius 2 is 2.15 bits per heavy atom. The first-order chi connectivity index (χ1) is 9.24. The van der Waals surface area contributed by atoms with Gasteiger partial charge in [0, 0.05) is 18.9 Å². The number of anilines is 1. The molecule has 112 valence electrons. The van der Waals surface area contributed by atoms with Crippen molar-refractivity contribution in [2.45, 2.75) is 39.9 Å². The first kappa shape index (κ1) is 16.5. The Morgan fingerprint density at radius 3 is 2.85 bits per heavy atom. The van der Waals surface area contributed by atoms with E-state index in [1.807, 2.05) is 30.1 Å². The van der Waals surface area contributed by atoms with Crippen LogP contribution < -0.4 is 5.32 Å². The SMILES string of the molecule is CCCn1nccc1CNc1cn(CCF)nc1C.Cl. The van der Waals surface area contributed by atoms with Crippen LogP contribution in [0.3, 0.4) is 0 Å². The van der Waals surface area contributed by atoms with Crippen molar-refractivity contribution >= 4 is 18.1 Å². The molecule has 0 atom stereocenters. The van der Waals surface area contributed by atoms with E-state index in [1.165, 1.54) is 0 Å². The molecule has 2 heterocycles. The first-order valence-electron chi connectivity index (χ1n) is 6.59. The third-order valence-electron chi connectivity index (χ3n) is 2.96. The molecule has 0 aliphatic carbocycles. The van der Waals surface area contributed by atoms with E-state index >= 15 is 0 Å². The summed E-state index contributed by atoms with van der Waals surface area (Å²) in [5.41, 5.74) is 2.96. The van der Waals surface area contributed by atoms with Gasteiger partial charge in [0.05, 0.1) is 30.2 Å². The molecule has 0 aromatic carbocycles. The van der Waals surface area contributed by atoms with Crippen molar-refractivity contribution in [1.82, 2.24) is 19.6 Å². The second kappa shape index (κ2) is 7.89. The van der Waals surface area contributed by atoms with Gasteiger partial charge in [-0.3, -0.25) is 9.36 Å². The van der Waals surface area contributed by atoms with Gasteiger partial charge < -0.3 is 5.32 Å². The van der Waals surface area contributed by atoms with Crippen molar-refractivity contribution in [3.8, 4) is 0 Å². The lowest BCUT2D eigenvalue weighted by Crippen LogP contribution is -2.09. The Bertz CT molecular complexity index is 523. The van der Waals surface area contributed by atoms with Gasteiger partial charge in [-0.2, -0.15) is 10.2 Å². The maximum Gasteiger partial charge on any atom is 0.109 e. The van der Waals surface area contributed by atoms with Crippen LogP contribution in [-0.2, 0) is 19.6 Å². The number of nitrogens with one attached hydrogen (secondary N) is 1. The standard InChI is InChI=1S/C13H20FN5.ClH/c1-3-7-19-12(4-6-16-19)9-15-13-10-18(8-5-14)17-11(13)2;/h4,6,10,15H,3,5,7-9H2,1-2H3;1H. The van der Waals surface area contributed by atoms with Crippen LogP contribution in [0.4, 0.5) is 10.1 Å². The monoisotopic (exact) mass is 301 g/mol. The fraction of sp³-hybridized carbons (Fsp3) is 0.538. The van der Waals surface area contributed by atoms with E-state index in [9.17, 15) is 4.39 Å². The van der Waals surface area contributed by atoms with Gasteiger partial charge in [0.15, 0.2) is 0 Å². The zero-order valence-electron chi connectivity index (χ0n) is 11.8. The molecule has 0 aliphatic heterocycles. The van der Waals surface area contributed by atoms with Crippen molar-refractivity contribution in [2.24, 2.45) is 0 Å². The molecule has 0 amide bonds. The van der Waals surface area contributed by atoms with E-state index in [1.54, 1.807) is 4.68 Å². The Labute approximate surface area is 124 Å². The maximum absolute atomic E-state index is 12.3. The van der Waals surface area contributed by atoms with Crippen LogP contribution in [0, 0.1) is 6.92 Å². The number of hydrogen-bond donors (Lipinski definition) is 1. The summed E-state index contributed by atoms with van der Waals surface area (Å²) >= 11 is 0. The van der Waals surface area contributed by atoms with Crippen LogP contribution in [0.1, 0.15) is 24.7 Å². The molecular formula is C13H21ClFN5. The summed E-state index contributed by atoms with van der Waals surface area (Å²) in [5.74, 6) is 0. The predicted molar refractivity (Wildman–Crippen MR) is 80.0 cm³/mol. The molecule has 0 radical (unpaired) electrons. The Hall–Kier alpha value is -1.56. The molecule has 0 spiro atoms. The number of aryl methyl sites for hydroxylation is 3. The highest BCUT2D eigenvalue weighted by Crippen LogP contribution is 2.14. The van der Waals surface area contributed by atoms with Crippen molar-refractivity contribution in [2.75, 3.05) is 12.0 Å². The molecule has 20 heavy (non-hydrogen) atoms. The van der Waals surface area contributed by atoms with Gasteiger partial charge in [0.25, 0.3) is 0 Å². The van der Waals surface area contributed by atoms with E-state index in [0.717, 1.165) is 30.0 Å². The van der Waals surface area contributed by atoms with Crippen LogP contribution in [0.2, 0.25) is 0 Å². The second-order valence-electron chi connectivity index (χ2n) is 4.48. The topological polar surface area (TPSA) is 47.7 Å². The first-order valence-corrected chi connectivity index (χ1v) is 6.59. The summed E-state index contributed by atoms with van der Waals surface area (Å²) in [6.07, 6.45) is 4.71. The number of alkyl halides is 1. The van der Waals surface area contributed by atoms with Gasteiger partial charge in [0.2, 0.25) is 0 Å². The number of nitrogens with zero attached hydrogens (tertiary/aromatic N) is 4. The van der Waals surface area contributed by atoms with Gasteiger partial charge >= 0.3 is 0 Å². The number of rotatable bonds is 7. The van der Waals surface area contributed by atoms with Crippen molar-refractivity contribution in [1.29, 1.82) is 0 Å². The molecule has 1 N–H and O–H groups in total. The quantitative estimate of drug-likeness (QED) is 0.855. The summed E-state index contributed by atoms with van der Waals surface area (Å²) in [6, 6.07) is 2.00. The molecule has 0 unspecified atom stereocenters. The zero-order valence-corrected chi connectivity index (χ0v) is 12.7. The minimum Gasteiger partial charge on any atom is -0.377 e. The zero-order chi connectivity index (χ0) is 13.7. The van der Waals surface area contributed by atoms with Crippen LogP contribution in [-0.4, -0.2) is 26.2 Å². The lowest BCUT2D eigenvalue weighted by atomic mass is 10.3. The number of hydrogen-bond acceptors (Lipinski definition) is 3. The molecule has 0 saturated carbocycles. The van der Waals surface area contributed by atoms with E-state index < -0.39 is 6.67 Å². The van der Waals surface area contributed by atoms with Gasteiger partial charge in [0.1, 0.15) is 6.67 Å². The molecule has 7 heteroatoms. The summed E-state index contributed by atoms with van der Waals surface area (Å²) < 4.78 is 15.9. The molecule has 0 saturated heterocycles. The lowest BCUT2D eigenvalue weighted by molar-refractivity contribution is 0.426.